The predicted octanol–water partition coefficient (Wildman–Crippen LogP) is 4.46. The van der Waals surface area contributed by atoms with Gasteiger partial charge in [0.25, 0.3) is 11.6 Å². The number of fused-ring (bicyclic) bond motifs is 2. The van der Waals surface area contributed by atoms with E-state index in [1.807, 2.05) is 17.5 Å². The van der Waals surface area contributed by atoms with Crippen LogP contribution in [-0.2, 0) is 13.0 Å². The van der Waals surface area contributed by atoms with E-state index in [-0.39, 0.29) is 22.2 Å². The molecule has 1 aliphatic heterocycles. The quantitative estimate of drug-likeness (QED) is 0.482. The lowest BCUT2D eigenvalue weighted by molar-refractivity contribution is -0.384. The number of pyridine rings is 1. The van der Waals surface area contributed by atoms with Crippen molar-refractivity contribution >= 4 is 40.2 Å². The molecule has 0 saturated heterocycles. The van der Waals surface area contributed by atoms with Gasteiger partial charge in [0.1, 0.15) is 0 Å². The summed E-state index contributed by atoms with van der Waals surface area (Å²) in [5, 5.41) is 13.0. The highest BCUT2D eigenvalue weighted by Gasteiger charge is 2.28. The first-order valence-corrected chi connectivity index (χ1v) is 9.05. The van der Waals surface area contributed by atoms with Gasteiger partial charge in [-0.15, -0.1) is 11.3 Å². The minimum atomic E-state index is -0.538. The first-order chi connectivity index (χ1) is 12.5. The average molecular weight is 386 g/mol. The Bertz CT molecular complexity index is 1030. The van der Waals surface area contributed by atoms with Crippen molar-refractivity contribution in [3.63, 3.8) is 0 Å². The van der Waals surface area contributed by atoms with Crippen molar-refractivity contribution in [1.82, 2.24) is 4.98 Å². The molecule has 8 heteroatoms. The standard InChI is InChI=1S/C18H12ClN3O3S/c19-14-9-12(22(24)25)3-4-13(14)18(23)21-10-17-11(5-7-26-17)8-15-16(21)2-1-6-20-15/h1-7,9H,8,10H2. The van der Waals surface area contributed by atoms with Crippen molar-refractivity contribution in [3.05, 3.63) is 84.8 Å². The molecular weight excluding hydrogens is 374 g/mol. The number of hydrogen-bond acceptors (Lipinski definition) is 5. The van der Waals surface area contributed by atoms with Gasteiger partial charge in [0.05, 0.1) is 33.4 Å². The Morgan fingerprint density at radius 1 is 1.31 bits per heavy atom. The smallest absolute Gasteiger partial charge is 0.270 e. The average Bonchev–Trinajstić information content (AvgIpc) is 3.00. The summed E-state index contributed by atoms with van der Waals surface area (Å²) in [6.45, 7) is 0.415. The predicted molar refractivity (Wildman–Crippen MR) is 100.0 cm³/mol. The molecule has 0 fully saturated rings. The van der Waals surface area contributed by atoms with Crippen LogP contribution in [0.25, 0.3) is 0 Å². The Morgan fingerprint density at radius 3 is 2.92 bits per heavy atom. The van der Waals surface area contributed by atoms with Crippen LogP contribution in [0.1, 0.15) is 26.5 Å². The zero-order valence-electron chi connectivity index (χ0n) is 13.4. The number of nitro benzene ring substituents is 1. The van der Waals surface area contributed by atoms with Gasteiger partial charge in [0, 0.05) is 29.6 Å². The highest BCUT2D eigenvalue weighted by atomic mass is 35.5. The largest absolute Gasteiger partial charge is 0.301 e. The zero-order valence-corrected chi connectivity index (χ0v) is 15.0. The van der Waals surface area contributed by atoms with Gasteiger partial charge in [0.2, 0.25) is 0 Å². The van der Waals surface area contributed by atoms with Gasteiger partial charge < -0.3 is 4.90 Å². The number of rotatable bonds is 2. The van der Waals surface area contributed by atoms with Crippen LogP contribution >= 0.6 is 22.9 Å². The highest BCUT2D eigenvalue weighted by Crippen LogP contribution is 2.34. The van der Waals surface area contributed by atoms with Crippen LogP contribution in [0.15, 0.2) is 48.0 Å². The maximum atomic E-state index is 13.2. The molecular formula is C18H12ClN3O3S. The number of non-ortho nitro benzene ring substituents is 1. The lowest BCUT2D eigenvalue weighted by atomic mass is 10.1. The second-order valence-corrected chi connectivity index (χ2v) is 7.24. The Balaban J connectivity index is 1.79. The van der Waals surface area contributed by atoms with E-state index in [0.717, 1.165) is 21.8 Å². The molecule has 0 spiro atoms. The third kappa shape index (κ3) is 2.85. The molecule has 1 aliphatic rings. The summed E-state index contributed by atoms with van der Waals surface area (Å²) >= 11 is 7.76. The maximum absolute atomic E-state index is 13.2. The topological polar surface area (TPSA) is 76.3 Å². The van der Waals surface area contributed by atoms with Crippen molar-refractivity contribution in [3.8, 4) is 0 Å². The summed E-state index contributed by atoms with van der Waals surface area (Å²) in [5.41, 5.74) is 2.78. The van der Waals surface area contributed by atoms with Gasteiger partial charge in [-0.25, -0.2) is 0 Å². The fourth-order valence-electron chi connectivity index (χ4n) is 3.00. The van der Waals surface area contributed by atoms with Crippen LogP contribution in [-0.4, -0.2) is 15.8 Å². The van der Waals surface area contributed by atoms with E-state index >= 15 is 0 Å². The first-order valence-electron chi connectivity index (χ1n) is 7.79. The molecule has 1 amide bonds. The molecule has 1 aromatic carbocycles. The molecule has 0 radical (unpaired) electrons. The summed E-state index contributed by atoms with van der Waals surface area (Å²) in [7, 11) is 0. The van der Waals surface area contributed by atoms with Gasteiger partial charge in [-0.05, 0) is 35.2 Å². The third-order valence-corrected chi connectivity index (χ3v) is 5.55. The maximum Gasteiger partial charge on any atom is 0.270 e. The van der Waals surface area contributed by atoms with Gasteiger partial charge >= 0.3 is 0 Å². The molecule has 3 aromatic rings. The number of benzene rings is 1. The van der Waals surface area contributed by atoms with E-state index in [9.17, 15) is 14.9 Å². The Hall–Kier alpha value is -2.77. The second-order valence-electron chi connectivity index (χ2n) is 5.83. The molecule has 3 heterocycles. The van der Waals surface area contributed by atoms with Crippen LogP contribution in [0.5, 0.6) is 0 Å². The third-order valence-electron chi connectivity index (χ3n) is 4.29. The molecule has 130 valence electrons. The minimum Gasteiger partial charge on any atom is -0.301 e. The summed E-state index contributed by atoms with van der Waals surface area (Å²) in [5.74, 6) is -0.305. The number of carbonyl (C=O) groups is 1. The van der Waals surface area contributed by atoms with E-state index in [0.29, 0.717) is 13.0 Å². The summed E-state index contributed by atoms with van der Waals surface area (Å²) in [6, 6.07) is 9.58. The Morgan fingerprint density at radius 2 is 2.15 bits per heavy atom. The number of thiophene rings is 1. The molecule has 0 atom stereocenters. The van der Waals surface area contributed by atoms with Gasteiger partial charge in [0.15, 0.2) is 0 Å². The molecule has 0 saturated carbocycles. The molecule has 2 aromatic heterocycles. The van der Waals surface area contributed by atoms with Crippen LogP contribution in [0.4, 0.5) is 11.4 Å². The number of nitro groups is 1. The minimum absolute atomic E-state index is 0.0605. The van der Waals surface area contributed by atoms with Gasteiger partial charge in [-0.3, -0.25) is 19.9 Å². The number of halogens is 1. The van der Waals surface area contributed by atoms with Crippen molar-refractivity contribution in [2.45, 2.75) is 13.0 Å². The van der Waals surface area contributed by atoms with Crippen molar-refractivity contribution in [2.24, 2.45) is 0 Å². The lowest BCUT2D eigenvalue weighted by Crippen LogP contribution is -2.30. The van der Waals surface area contributed by atoms with Crippen LogP contribution in [0.3, 0.4) is 0 Å². The summed E-state index contributed by atoms with van der Waals surface area (Å²) < 4.78 is 0. The molecule has 0 aliphatic carbocycles. The van der Waals surface area contributed by atoms with Crippen molar-refractivity contribution < 1.29 is 9.72 Å². The number of aromatic nitrogens is 1. The van der Waals surface area contributed by atoms with Gasteiger partial charge in [-0.2, -0.15) is 0 Å². The lowest BCUT2D eigenvalue weighted by Gasteiger charge is -2.23. The summed E-state index contributed by atoms with van der Waals surface area (Å²) in [6.07, 6.45) is 2.37. The van der Waals surface area contributed by atoms with E-state index < -0.39 is 4.92 Å². The monoisotopic (exact) mass is 385 g/mol. The van der Waals surface area contributed by atoms with Gasteiger partial charge in [-0.1, -0.05) is 11.6 Å². The zero-order chi connectivity index (χ0) is 18.3. The number of anilines is 1. The van der Waals surface area contributed by atoms with E-state index in [2.05, 4.69) is 4.98 Å². The molecule has 4 rings (SSSR count). The first kappa shape index (κ1) is 16.7. The number of carbonyl (C=O) groups excluding carboxylic acids is 1. The van der Waals surface area contributed by atoms with Crippen LogP contribution in [0.2, 0.25) is 5.02 Å². The van der Waals surface area contributed by atoms with Crippen LogP contribution in [0, 0.1) is 10.1 Å². The van der Waals surface area contributed by atoms with E-state index in [1.165, 1.54) is 18.2 Å². The van der Waals surface area contributed by atoms with Crippen LogP contribution < -0.4 is 4.90 Å². The molecule has 6 nitrogen and oxygen atoms in total. The second kappa shape index (κ2) is 6.51. The van der Waals surface area contributed by atoms with E-state index in [1.54, 1.807) is 28.5 Å². The number of nitrogens with zero attached hydrogens (tertiary/aromatic N) is 3. The number of amides is 1. The molecule has 0 unspecified atom stereocenters. The molecule has 0 bridgehead atoms. The Kier molecular flexibility index (Phi) is 4.18. The number of hydrogen-bond donors (Lipinski definition) is 0. The SMILES string of the molecule is O=C(c1ccc([N+](=O)[O-])cc1Cl)N1Cc2sccc2Cc2ncccc21. The summed E-state index contributed by atoms with van der Waals surface area (Å²) in [4.78, 5) is 30.7. The molecule has 0 N–H and O–H groups in total. The normalized spacial score (nSPS) is 12.9. The Labute approximate surface area is 157 Å². The fraction of sp³-hybridized carbons (Fsp3) is 0.111. The fourth-order valence-corrected chi connectivity index (χ4v) is 4.15. The van der Waals surface area contributed by atoms with Crippen molar-refractivity contribution in [2.75, 3.05) is 4.90 Å². The van der Waals surface area contributed by atoms with Crippen molar-refractivity contribution in [1.29, 1.82) is 0 Å². The molecule has 26 heavy (non-hydrogen) atoms. The highest BCUT2D eigenvalue weighted by molar-refractivity contribution is 7.10. The van der Waals surface area contributed by atoms with E-state index in [4.69, 9.17) is 11.6 Å².